The minimum Gasteiger partial charge on any atom is -0.354 e. The lowest BCUT2D eigenvalue weighted by atomic mass is 10.1. The van der Waals surface area contributed by atoms with Crippen molar-refractivity contribution >= 4 is 55.7 Å². The number of halogens is 3. The zero-order chi connectivity index (χ0) is 27.6. The third-order valence-electron chi connectivity index (χ3n) is 6.54. The Morgan fingerprint density at radius 2 is 1.77 bits per heavy atom. The van der Waals surface area contributed by atoms with Crippen LogP contribution >= 0.6 is 22.6 Å². The molecule has 0 bridgehead atoms. The van der Waals surface area contributed by atoms with Crippen LogP contribution in [0.5, 0.6) is 0 Å². The molecule has 5 rings (SSSR count). The molecule has 3 aromatic rings. The average Bonchev–Trinajstić information content (AvgIpc) is 3.77. The number of nitrogens with one attached hydrogen (secondary N) is 2. The van der Waals surface area contributed by atoms with Crippen LogP contribution in [0.25, 0.3) is 0 Å². The Morgan fingerprint density at radius 1 is 1.05 bits per heavy atom. The number of sulfonamides is 1. The number of pyridine rings is 1. The summed E-state index contributed by atoms with van der Waals surface area (Å²) in [4.78, 5) is 23.6. The van der Waals surface area contributed by atoms with Gasteiger partial charge >= 0.3 is 0 Å². The van der Waals surface area contributed by atoms with Crippen molar-refractivity contribution in [2.75, 3.05) is 43.0 Å². The minimum absolute atomic E-state index is 0.0364. The number of carbonyl (C=O) groups excluding carboxylic acids is 1. The maximum atomic E-state index is 15.5. The van der Waals surface area contributed by atoms with Crippen LogP contribution in [0, 0.1) is 21.1 Å². The van der Waals surface area contributed by atoms with E-state index in [0.717, 1.165) is 26.8 Å². The van der Waals surface area contributed by atoms with Gasteiger partial charge in [-0.05, 0) is 83.8 Å². The van der Waals surface area contributed by atoms with Crippen molar-refractivity contribution < 1.29 is 26.8 Å². The van der Waals surface area contributed by atoms with E-state index in [-0.39, 0.29) is 19.7 Å². The topological polar surface area (TPSA) is 104 Å². The number of hydroxylamine groups is 1. The summed E-state index contributed by atoms with van der Waals surface area (Å²) in [5.41, 5.74) is 1.75. The van der Waals surface area contributed by atoms with Crippen molar-refractivity contribution in [2.24, 2.45) is 5.92 Å². The van der Waals surface area contributed by atoms with Crippen LogP contribution in [0.3, 0.4) is 0 Å². The molecule has 1 saturated heterocycles. The van der Waals surface area contributed by atoms with E-state index >= 15 is 8.78 Å². The first-order valence-electron chi connectivity index (χ1n) is 12.4. The fourth-order valence-corrected chi connectivity index (χ4v) is 6.04. The van der Waals surface area contributed by atoms with Crippen LogP contribution in [0.4, 0.5) is 26.0 Å². The van der Waals surface area contributed by atoms with E-state index in [0.29, 0.717) is 30.5 Å². The molecular weight excluding hydrogens is 643 g/mol. The van der Waals surface area contributed by atoms with Crippen LogP contribution in [-0.4, -0.2) is 56.4 Å². The number of benzene rings is 2. The van der Waals surface area contributed by atoms with E-state index in [1.165, 1.54) is 0 Å². The van der Waals surface area contributed by atoms with Crippen LogP contribution in [0.2, 0.25) is 0 Å². The maximum Gasteiger partial charge on any atom is 0.277 e. The van der Waals surface area contributed by atoms with Crippen molar-refractivity contribution in [3.63, 3.8) is 0 Å². The van der Waals surface area contributed by atoms with E-state index in [4.69, 9.17) is 4.84 Å². The third-order valence-corrected chi connectivity index (χ3v) is 9.16. The molecule has 0 spiro atoms. The molecule has 2 aliphatic rings. The highest BCUT2D eigenvalue weighted by Gasteiger charge is 2.35. The zero-order valence-electron chi connectivity index (χ0n) is 20.7. The molecule has 1 aromatic heterocycles. The average molecular weight is 669 g/mol. The number of piperazine rings is 1. The number of hydrogen-bond acceptors (Lipinski definition) is 7. The largest absolute Gasteiger partial charge is 0.354 e. The third kappa shape index (κ3) is 6.31. The standard InChI is InChI=1S/C26H26F2IN5O4S/c27-23-21(39(36,37)34-13-11-33(12-14-34)22-3-1-2-10-30-22)15-20(26(35)32-38-16-17-4-5-17)25(24(23)28)31-19-8-6-18(29)7-9-19/h1-3,6-10,15,17,31H,4-5,11-14,16H2,(H,32,35). The van der Waals surface area contributed by atoms with Crippen molar-refractivity contribution in [1.29, 1.82) is 0 Å². The molecule has 0 radical (unpaired) electrons. The molecule has 2 aromatic carbocycles. The second-order valence-corrected chi connectivity index (χ2v) is 12.5. The number of rotatable bonds is 9. The SMILES string of the molecule is O=C(NOCC1CC1)c1cc(S(=O)(=O)N2CCN(c3ccccn3)CC2)c(F)c(F)c1Nc1ccc(I)cc1. The summed E-state index contributed by atoms with van der Waals surface area (Å²) in [6.07, 6.45) is 3.61. The highest BCUT2D eigenvalue weighted by molar-refractivity contribution is 14.1. The Kier molecular flexibility index (Phi) is 8.30. The summed E-state index contributed by atoms with van der Waals surface area (Å²) in [6, 6.07) is 13.1. The summed E-state index contributed by atoms with van der Waals surface area (Å²) < 4.78 is 60.0. The van der Waals surface area contributed by atoms with Gasteiger partial charge in [-0.1, -0.05) is 6.07 Å². The van der Waals surface area contributed by atoms with Gasteiger partial charge in [-0.15, -0.1) is 0 Å². The van der Waals surface area contributed by atoms with E-state index in [1.807, 2.05) is 17.0 Å². The van der Waals surface area contributed by atoms with Gasteiger partial charge in [0.25, 0.3) is 5.91 Å². The Labute approximate surface area is 238 Å². The lowest BCUT2D eigenvalue weighted by molar-refractivity contribution is 0.0270. The van der Waals surface area contributed by atoms with Crippen LogP contribution in [-0.2, 0) is 14.9 Å². The molecule has 1 amide bonds. The molecule has 0 unspecified atom stereocenters. The van der Waals surface area contributed by atoms with Gasteiger partial charge in [0.05, 0.1) is 17.9 Å². The van der Waals surface area contributed by atoms with E-state index in [1.54, 1.807) is 36.5 Å². The normalized spacial score (nSPS) is 16.2. The molecule has 9 nitrogen and oxygen atoms in total. The van der Waals surface area contributed by atoms with Gasteiger partial charge in [-0.3, -0.25) is 9.63 Å². The van der Waals surface area contributed by atoms with Crippen molar-refractivity contribution in [2.45, 2.75) is 17.7 Å². The quantitative estimate of drug-likeness (QED) is 0.259. The second-order valence-electron chi connectivity index (χ2n) is 9.32. The smallest absolute Gasteiger partial charge is 0.277 e. The zero-order valence-corrected chi connectivity index (χ0v) is 23.7. The summed E-state index contributed by atoms with van der Waals surface area (Å²) in [5, 5.41) is 2.73. The first-order chi connectivity index (χ1) is 18.7. The molecular formula is C26H26F2IN5O4S. The Bertz CT molecular complexity index is 1450. The number of hydrogen-bond donors (Lipinski definition) is 2. The summed E-state index contributed by atoms with van der Waals surface area (Å²) in [5.74, 6) is -2.90. The second kappa shape index (κ2) is 11.7. The fourth-order valence-electron chi connectivity index (χ4n) is 4.17. The number of amides is 1. The highest BCUT2D eigenvalue weighted by Crippen LogP contribution is 2.33. The summed E-state index contributed by atoms with van der Waals surface area (Å²) >= 11 is 2.10. The van der Waals surface area contributed by atoms with Gasteiger partial charge in [-0.2, -0.15) is 4.31 Å². The molecule has 13 heteroatoms. The fraction of sp³-hybridized carbons (Fsp3) is 0.308. The van der Waals surface area contributed by atoms with Crippen LogP contribution in [0.15, 0.2) is 59.6 Å². The molecule has 1 aliphatic heterocycles. The van der Waals surface area contributed by atoms with E-state index in [2.05, 4.69) is 38.4 Å². The lowest BCUT2D eigenvalue weighted by Gasteiger charge is -2.34. The highest BCUT2D eigenvalue weighted by atomic mass is 127. The molecule has 39 heavy (non-hydrogen) atoms. The van der Waals surface area contributed by atoms with Gasteiger partial charge in [0.15, 0.2) is 11.6 Å². The predicted octanol–water partition coefficient (Wildman–Crippen LogP) is 4.29. The molecule has 0 atom stereocenters. The monoisotopic (exact) mass is 669 g/mol. The summed E-state index contributed by atoms with van der Waals surface area (Å²) in [6.45, 7) is 0.981. The van der Waals surface area contributed by atoms with Gasteiger partial charge in [-0.25, -0.2) is 27.7 Å². The van der Waals surface area contributed by atoms with Crippen molar-refractivity contribution in [3.05, 3.63) is 75.5 Å². The van der Waals surface area contributed by atoms with E-state index in [9.17, 15) is 13.2 Å². The van der Waals surface area contributed by atoms with E-state index < -0.39 is 43.7 Å². The minimum atomic E-state index is -4.47. The number of nitrogens with zero attached hydrogens (tertiary/aromatic N) is 3. The number of anilines is 3. The van der Waals surface area contributed by atoms with Crippen LogP contribution in [0.1, 0.15) is 23.2 Å². The molecule has 2 heterocycles. The van der Waals surface area contributed by atoms with Gasteiger partial charge in [0.2, 0.25) is 10.0 Å². The maximum absolute atomic E-state index is 15.5. The molecule has 206 valence electrons. The Balaban J connectivity index is 1.44. The van der Waals surface area contributed by atoms with Crippen molar-refractivity contribution in [3.8, 4) is 0 Å². The molecule has 1 saturated carbocycles. The number of aromatic nitrogens is 1. The van der Waals surface area contributed by atoms with Crippen LogP contribution < -0.4 is 15.7 Å². The molecule has 1 aliphatic carbocycles. The molecule has 2 fully saturated rings. The lowest BCUT2D eigenvalue weighted by Crippen LogP contribution is -2.49. The Morgan fingerprint density at radius 3 is 2.41 bits per heavy atom. The Hall–Kier alpha value is -2.88. The van der Waals surface area contributed by atoms with Gasteiger partial charge < -0.3 is 10.2 Å². The van der Waals surface area contributed by atoms with Gasteiger partial charge in [0.1, 0.15) is 10.7 Å². The first kappa shape index (κ1) is 27.7. The summed E-state index contributed by atoms with van der Waals surface area (Å²) in [7, 11) is -4.47. The van der Waals surface area contributed by atoms with Gasteiger partial charge in [0, 0.05) is 41.6 Å². The molecule has 2 N–H and O–H groups in total. The van der Waals surface area contributed by atoms with Crippen molar-refractivity contribution in [1.82, 2.24) is 14.8 Å². The number of carbonyl (C=O) groups is 1. The first-order valence-corrected chi connectivity index (χ1v) is 14.9. The predicted molar refractivity (Wildman–Crippen MR) is 150 cm³/mol.